The molecule has 1 atom stereocenters. The van der Waals surface area contributed by atoms with Crippen molar-refractivity contribution in [3.63, 3.8) is 0 Å². The van der Waals surface area contributed by atoms with Gasteiger partial charge in [0.25, 0.3) is 0 Å². The highest BCUT2D eigenvalue weighted by Crippen LogP contribution is 2.10. The molecule has 2 N–H and O–H groups in total. The first-order valence-electron chi connectivity index (χ1n) is 5.18. The Bertz CT molecular complexity index is 260. The summed E-state index contributed by atoms with van der Waals surface area (Å²) < 4.78 is 1.96. The van der Waals surface area contributed by atoms with Gasteiger partial charge in [0.15, 0.2) is 0 Å². The van der Waals surface area contributed by atoms with Crippen molar-refractivity contribution in [2.75, 3.05) is 13.1 Å². The number of nitrogens with zero attached hydrogens (tertiary/aromatic N) is 2. The maximum atomic E-state index is 9.82. The van der Waals surface area contributed by atoms with E-state index in [1.165, 1.54) is 0 Å². The van der Waals surface area contributed by atoms with Crippen LogP contribution >= 0.6 is 0 Å². The fraction of sp³-hybridized carbons (Fsp3) is 0.700. The van der Waals surface area contributed by atoms with Gasteiger partial charge in [0, 0.05) is 13.1 Å². The summed E-state index contributed by atoms with van der Waals surface area (Å²) >= 11 is 0. The van der Waals surface area contributed by atoms with Crippen molar-refractivity contribution in [1.29, 1.82) is 0 Å². The first-order chi connectivity index (χ1) is 6.79. The van der Waals surface area contributed by atoms with Gasteiger partial charge < -0.3 is 15.0 Å². The predicted molar refractivity (Wildman–Crippen MR) is 56.0 cm³/mol. The van der Waals surface area contributed by atoms with E-state index in [4.69, 9.17) is 0 Å². The molecule has 0 saturated carbocycles. The smallest absolute Gasteiger partial charge is 0.108 e. The lowest BCUT2D eigenvalue weighted by atomic mass is 10.2. The van der Waals surface area contributed by atoms with E-state index in [0.29, 0.717) is 6.54 Å². The summed E-state index contributed by atoms with van der Waals surface area (Å²) in [5, 5.41) is 13.0. The summed E-state index contributed by atoms with van der Waals surface area (Å²) in [5.41, 5.74) is 0.885. The van der Waals surface area contributed by atoms with Gasteiger partial charge in [-0.25, -0.2) is 4.98 Å². The minimum absolute atomic E-state index is 0.455. The molecule has 0 aliphatic heterocycles. The maximum Gasteiger partial charge on any atom is 0.108 e. The Kier molecular flexibility index (Phi) is 4.62. The van der Waals surface area contributed by atoms with Crippen LogP contribution in [0.3, 0.4) is 0 Å². The van der Waals surface area contributed by atoms with Gasteiger partial charge in [0.2, 0.25) is 0 Å². The van der Waals surface area contributed by atoms with Crippen molar-refractivity contribution >= 4 is 0 Å². The number of hydrogen-bond donors (Lipinski definition) is 2. The molecule has 0 bridgehead atoms. The Balaban J connectivity index is 2.47. The Labute approximate surface area is 85.0 Å². The van der Waals surface area contributed by atoms with Gasteiger partial charge in [-0.3, -0.25) is 0 Å². The third kappa shape index (κ3) is 2.82. The van der Waals surface area contributed by atoms with Crippen LogP contribution in [0, 0.1) is 0 Å². The van der Waals surface area contributed by atoms with Crippen LogP contribution in [0.1, 0.15) is 32.1 Å². The van der Waals surface area contributed by atoms with Crippen molar-refractivity contribution in [3.8, 4) is 0 Å². The van der Waals surface area contributed by atoms with Crippen molar-refractivity contribution in [3.05, 3.63) is 18.2 Å². The molecule has 0 radical (unpaired) electrons. The predicted octanol–water partition coefficient (Wildman–Crippen LogP) is 0.936. The summed E-state index contributed by atoms with van der Waals surface area (Å²) in [6.07, 6.45) is 4.10. The molecule has 0 amide bonds. The van der Waals surface area contributed by atoms with Gasteiger partial charge in [0.05, 0.1) is 18.2 Å². The molecule has 0 aliphatic carbocycles. The fourth-order valence-electron chi connectivity index (χ4n) is 1.39. The van der Waals surface area contributed by atoms with E-state index in [1.54, 1.807) is 12.5 Å². The molecular weight excluding hydrogens is 178 g/mol. The van der Waals surface area contributed by atoms with Crippen LogP contribution in [0.2, 0.25) is 0 Å². The molecule has 4 nitrogen and oxygen atoms in total. The molecule has 1 unspecified atom stereocenters. The lowest BCUT2D eigenvalue weighted by Gasteiger charge is -2.12. The SMILES string of the molecule is CCCNCC(O)c1cncn1CC. The number of aromatic nitrogens is 2. The summed E-state index contributed by atoms with van der Waals surface area (Å²) in [5.74, 6) is 0. The maximum absolute atomic E-state index is 9.82. The van der Waals surface area contributed by atoms with E-state index in [-0.39, 0.29) is 0 Å². The van der Waals surface area contributed by atoms with Crippen LogP contribution in [0.5, 0.6) is 0 Å². The molecule has 0 aromatic carbocycles. The standard InChI is InChI=1S/C10H19N3O/c1-3-5-11-7-10(14)9-6-12-8-13(9)4-2/h6,8,10-11,14H,3-5,7H2,1-2H3. The third-order valence-corrected chi connectivity index (χ3v) is 2.19. The summed E-state index contributed by atoms with van der Waals surface area (Å²) in [6, 6.07) is 0. The first-order valence-corrected chi connectivity index (χ1v) is 5.18. The number of rotatable bonds is 6. The molecule has 1 aromatic rings. The van der Waals surface area contributed by atoms with E-state index in [1.807, 2.05) is 11.5 Å². The summed E-state index contributed by atoms with van der Waals surface area (Å²) in [4.78, 5) is 4.02. The molecule has 1 heterocycles. The molecule has 0 spiro atoms. The largest absolute Gasteiger partial charge is 0.385 e. The molecule has 1 rings (SSSR count). The molecular formula is C10H19N3O. The van der Waals surface area contributed by atoms with Crippen LogP contribution in [0.25, 0.3) is 0 Å². The monoisotopic (exact) mass is 197 g/mol. The second kappa shape index (κ2) is 5.78. The van der Waals surface area contributed by atoms with Gasteiger partial charge in [-0.05, 0) is 19.9 Å². The molecule has 1 aromatic heterocycles. The second-order valence-electron chi connectivity index (χ2n) is 3.32. The van der Waals surface area contributed by atoms with Crippen LogP contribution in [0.4, 0.5) is 0 Å². The number of aryl methyl sites for hydroxylation is 1. The number of aliphatic hydroxyl groups is 1. The van der Waals surface area contributed by atoms with E-state index in [9.17, 15) is 5.11 Å². The average molecular weight is 197 g/mol. The molecule has 0 fully saturated rings. The zero-order valence-electron chi connectivity index (χ0n) is 8.90. The van der Waals surface area contributed by atoms with Gasteiger partial charge in [-0.2, -0.15) is 0 Å². The molecule has 14 heavy (non-hydrogen) atoms. The van der Waals surface area contributed by atoms with Crippen LogP contribution < -0.4 is 5.32 Å². The highest BCUT2D eigenvalue weighted by atomic mass is 16.3. The van der Waals surface area contributed by atoms with E-state index >= 15 is 0 Å². The lowest BCUT2D eigenvalue weighted by Crippen LogP contribution is -2.23. The highest BCUT2D eigenvalue weighted by Gasteiger charge is 2.10. The quantitative estimate of drug-likeness (QED) is 0.667. The van der Waals surface area contributed by atoms with Crippen molar-refractivity contribution in [1.82, 2.24) is 14.9 Å². The average Bonchev–Trinajstić information content (AvgIpc) is 2.65. The van der Waals surface area contributed by atoms with Crippen LogP contribution in [0.15, 0.2) is 12.5 Å². The number of aliphatic hydroxyl groups excluding tert-OH is 1. The topological polar surface area (TPSA) is 50.1 Å². The minimum Gasteiger partial charge on any atom is -0.385 e. The van der Waals surface area contributed by atoms with Crippen molar-refractivity contribution in [2.24, 2.45) is 0 Å². The zero-order chi connectivity index (χ0) is 10.4. The normalized spacial score (nSPS) is 13.1. The van der Waals surface area contributed by atoms with E-state index in [2.05, 4.69) is 17.2 Å². The van der Waals surface area contributed by atoms with Crippen molar-refractivity contribution < 1.29 is 5.11 Å². The van der Waals surface area contributed by atoms with Crippen LogP contribution in [-0.4, -0.2) is 27.7 Å². The Morgan fingerprint density at radius 3 is 3.00 bits per heavy atom. The molecule has 4 heteroatoms. The summed E-state index contributed by atoms with van der Waals surface area (Å²) in [7, 11) is 0. The highest BCUT2D eigenvalue weighted by molar-refractivity contribution is 5.03. The van der Waals surface area contributed by atoms with Gasteiger partial charge in [-0.15, -0.1) is 0 Å². The first kappa shape index (κ1) is 11.2. The zero-order valence-corrected chi connectivity index (χ0v) is 8.90. The number of hydrogen-bond acceptors (Lipinski definition) is 3. The van der Waals surface area contributed by atoms with E-state index in [0.717, 1.165) is 25.2 Å². The van der Waals surface area contributed by atoms with Gasteiger partial charge >= 0.3 is 0 Å². The molecule has 80 valence electrons. The minimum atomic E-state index is -0.455. The molecule has 0 saturated heterocycles. The fourth-order valence-corrected chi connectivity index (χ4v) is 1.39. The third-order valence-electron chi connectivity index (χ3n) is 2.19. The summed E-state index contributed by atoms with van der Waals surface area (Å²) in [6.45, 7) is 6.53. The van der Waals surface area contributed by atoms with E-state index < -0.39 is 6.10 Å². The second-order valence-corrected chi connectivity index (χ2v) is 3.32. The Morgan fingerprint density at radius 2 is 2.36 bits per heavy atom. The lowest BCUT2D eigenvalue weighted by molar-refractivity contribution is 0.166. The number of imidazole rings is 1. The Hall–Kier alpha value is -0.870. The van der Waals surface area contributed by atoms with Crippen LogP contribution in [-0.2, 0) is 6.54 Å². The Morgan fingerprint density at radius 1 is 1.57 bits per heavy atom. The van der Waals surface area contributed by atoms with Gasteiger partial charge in [0.1, 0.15) is 6.10 Å². The molecule has 0 aliphatic rings. The number of nitrogens with one attached hydrogen (secondary N) is 1. The van der Waals surface area contributed by atoms with Gasteiger partial charge in [-0.1, -0.05) is 6.92 Å². The van der Waals surface area contributed by atoms with Crippen molar-refractivity contribution in [2.45, 2.75) is 32.9 Å².